The number of imide groups is 1. The van der Waals surface area contributed by atoms with E-state index >= 15 is 0 Å². The average molecular weight is 494 g/mol. The summed E-state index contributed by atoms with van der Waals surface area (Å²) in [6, 6.07) is 14.9. The van der Waals surface area contributed by atoms with Crippen LogP contribution in [0, 0.1) is 13.8 Å². The SMILES string of the molecule is Cc1ccc(C)c(N2C(=O)c3ccc(C(=O)OCC(=O)Nc4ccccc4OC(F)F)cc3C2=O)c1. The van der Waals surface area contributed by atoms with Gasteiger partial charge in [-0.05, 0) is 61.4 Å². The largest absolute Gasteiger partial charge is 0.452 e. The molecule has 0 unspecified atom stereocenters. The fourth-order valence-corrected chi connectivity index (χ4v) is 3.72. The number of hydrogen-bond donors (Lipinski definition) is 1. The third kappa shape index (κ3) is 4.92. The number of hydrogen-bond acceptors (Lipinski definition) is 6. The number of esters is 1. The molecule has 0 aromatic heterocycles. The molecule has 0 fully saturated rings. The first kappa shape index (κ1) is 24.5. The number of nitrogens with one attached hydrogen (secondary N) is 1. The van der Waals surface area contributed by atoms with Gasteiger partial charge in [-0.25, -0.2) is 9.69 Å². The number of para-hydroxylation sites is 2. The lowest BCUT2D eigenvalue weighted by atomic mass is 10.1. The minimum absolute atomic E-state index is 0.0213. The molecule has 3 amide bonds. The quantitative estimate of drug-likeness (QED) is 0.383. The van der Waals surface area contributed by atoms with E-state index < -0.39 is 36.9 Å². The molecular formula is C26H20F2N2O6. The molecule has 0 bridgehead atoms. The lowest BCUT2D eigenvalue weighted by molar-refractivity contribution is -0.119. The zero-order valence-corrected chi connectivity index (χ0v) is 19.2. The van der Waals surface area contributed by atoms with Crippen molar-refractivity contribution in [1.82, 2.24) is 0 Å². The Bertz CT molecular complexity index is 1390. The number of halogens is 2. The van der Waals surface area contributed by atoms with Gasteiger partial charge in [-0.3, -0.25) is 14.4 Å². The number of nitrogens with zero attached hydrogens (tertiary/aromatic N) is 1. The van der Waals surface area contributed by atoms with Crippen molar-refractivity contribution in [2.45, 2.75) is 20.5 Å². The maximum Gasteiger partial charge on any atom is 0.387 e. The first-order valence-corrected chi connectivity index (χ1v) is 10.8. The minimum Gasteiger partial charge on any atom is -0.452 e. The van der Waals surface area contributed by atoms with E-state index in [4.69, 9.17) is 4.74 Å². The molecule has 0 aliphatic carbocycles. The van der Waals surface area contributed by atoms with Crippen molar-refractivity contribution in [2.24, 2.45) is 0 Å². The number of rotatable bonds is 7. The highest BCUT2D eigenvalue weighted by Gasteiger charge is 2.38. The minimum atomic E-state index is -3.08. The van der Waals surface area contributed by atoms with Gasteiger partial charge in [0.1, 0.15) is 5.75 Å². The van der Waals surface area contributed by atoms with Crippen LogP contribution in [0.25, 0.3) is 0 Å². The zero-order chi connectivity index (χ0) is 26.0. The summed E-state index contributed by atoms with van der Waals surface area (Å²) < 4.78 is 34.4. The Hall–Kier alpha value is -4.60. The molecule has 0 atom stereocenters. The first-order valence-electron chi connectivity index (χ1n) is 10.8. The third-order valence-electron chi connectivity index (χ3n) is 5.44. The van der Waals surface area contributed by atoms with Gasteiger partial charge in [0.2, 0.25) is 0 Å². The van der Waals surface area contributed by atoms with Gasteiger partial charge in [-0.15, -0.1) is 0 Å². The summed E-state index contributed by atoms with van der Waals surface area (Å²) in [6.07, 6.45) is 0. The predicted octanol–water partition coefficient (Wildman–Crippen LogP) is 4.50. The van der Waals surface area contributed by atoms with E-state index in [1.54, 1.807) is 19.1 Å². The molecule has 1 aliphatic heterocycles. The van der Waals surface area contributed by atoms with Gasteiger partial charge in [0.25, 0.3) is 17.7 Å². The molecule has 0 radical (unpaired) electrons. The van der Waals surface area contributed by atoms with Crippen molar-refractivity contribution < 1.29 is 37.4 Å². The van der Waals surface area contributed by atoms with Gasteiger partial charge in [-0.1, -0.05) is 24.3 Å². The smallest absolute Gasteiger partial charge is 0.387 e. The molecule has 0 saturated heterocycles. The predicted molar refractivity (Wildman–Crippen MR) is 125 cm³/mol. The second kappa shape index (κ2) is 9.95. The average Bonchev–Trinajstić information content (AvgIpc) is 3.09. The van der Waals surface area contributed by atoms with Crippen LogP contribution in [0.4, 0.5) is 20.2 Å². The number of carbonyl (C=O) groups is 4. The van der Waals surface area contributed by atoms with Crippen LogP contribution in [0.1, 0.15) is 42.2 Å². The normalized spacial score (nSPS) is 12.5. The zero-order valence-electron chi connectivity index (χ0n) is 19.2. The first-order chi connectivity index (χ1) is 17.2. The Kier molecular flexibility index (Phi) is 6.77. The lowest BCUT2D eigenvalue weighted by Gasteiger charge is -2.17. The summed E-state index contributed by atoms with van der Waals surface area (Å²) in [7, 11) is 0. The Morgan fingerprint density at radius 3 is 2.42 bits per heavy atom. The van der Waals surface area contributed by atoms with Gasteiger partial charge in [0.15, 0.2) is 6.61 Å². The van der Waals surface area contributed by atoms with E-state index in [2.05, 4.69) is 10.1 Å². The summed E-state index contributed by atoms with van der Waals surface area (Å²) in [5.74, 6) is -3.03. The van der Waals surface area contributed by atoms with Gasteiger partial charge < -0.3 is 14.8 Å². The highest BCUT2D eigenvalue weighted by molar-refractivity contribution is 6.35. The van der Waals surface area contributed by atoms with E-state index in [0.29, 0.717) is 5.69 Å². The maximum absolute atomic E-state index is 13.0. The fraction of sp³-hybridized carbons (Fsp3) is 0.154. The molecule has 3 aromatic rings. The maximum atomic E-state index is 13.0. The van der Waals surface area contributed by atoms with Crippen molar-refractivity contribution in [3.63, 3.8) is 0 Å². The van der Waals surface area contributed by atoms with Crippen molar-refractivity contribution in [3.8, 4) is 5.75 Å². The molecule has 1 heterocycles. The molecular weight excluding hydrogens is 474 g/mol. The highest BCUT2D eigenvalue weighted by Crippen LogP contribution is 2.32. The second-order valence-electron chi connectivity index (χ2n) is 7.99. The molecule has 1 N–H and O–H groups in total. The Labute approximate surface area is 204 Å². The van der Waals surface area contributed by atoms with Gasteiger partial charge in [0, 0.05) is 0 Å². The van der Waals surface area contributed by atoms with Crippen molar-refractivity contribution in [3.05, 3.63) is 88.5 Å². The van der Waals surface area contributed by atoms with Crippen LogP contribution in [0.15, 0.2) is 60.7 Å². The van der Waals surface area contributed by atoms with Gasteiger partial charge in [0.05, 0.1) is 28.1 Å². The van der Waals surface area contributed by atoms with Crippen LogP contribution in [-0.4, -0.2) is 36.9 Å². The van der Waals surface area contributed by atoms with Crippen molar-refractivity contribution >= 4 is 35.1 Å². The molecule has 8 nitrogen and oxygen atoms in total. The second-order valence-corrected chi connectivity index (χ2v) is 7.99. The molecule has 0 saturated carbocycles. The summed E-state index contributed by atoms with van der Waals surface area (Å²) in [4.78, 5) is 51.7. The van der Waals surface area contributed by atoms with Crippen molar-refractivity contribution in [2.75, 3.05) is 16.8 Å². The number of fused-ring (bicyclic) bond motifs is 1. The third-order valence-corrected chi connectivity index (χ3v) is 5.44. The van der Waals surface area contributed by atoms with E-state index in [-0.39, 0.29) is 28.1 Å². The van der Waals surface area contributed by atoms with Crippen molar-refractivity contribution in [1.29, 1.82) is 0 Å². The Balaban J connectivity index is 1.45. The molecule has 4 rings (SSSR count). The number of amides is 3. The lowest BCUT2D eigenvalue weighted by Crippen LogP contribution is -2.30. The summed E-state index contributed by atoms with van der Waals surface area (Å²) >= 11 is 0. The van der Waals surface area contributed by atoms with E-state index in [1.165, 1.54) is 42.5 Å². The molecule has 184 valence electrons. The summed E-state index contributed by atoms with van der Waals surface area (Å²) in [5.41, 5.74) is 2.19. The van der Waals surface area contributed by atoms with Crippen LogP contribution in [0.5, 0.6) is 5.75 Å². The van der Waals surface area contributed by atoms with Crippen LogP contribution < -0.4 is 15.0 Å². The topological polar surface area (TPSA) is 102 Å². The number of anilines is 2. The standard InChI is InChI=1S/C26H20F2N2O6/c1-14-7-8-15(2)20(11-14)30-23(32)17-10-9-16(12-18(17)24(30)33)25(34)35-13-22(31)29-19-5-3-4-6-21(19)36-26(27)28/h3-12,26H,13H2,1-2H3,(H,29,31). The number of benzene rings is 3. The number of alkyl halides is 2. The number of ether oxygens (including phenoxy) is 2. The van der Waals surface area contributed by atoms with Crippen LogP contribution in [0.2, 0.25) is 0 Å². The van der Waals surface area contributed by atoms with E-state index in [1.807, 2.05) is 13.0 Å². The van der Waals surface area contributed by atoms with E-state index in [0.717, 1.165) is 16.0 Å². The molecule has 0 spiro atoms. The van der Waals surface area contributed by atoms with Crippen LogP contribution >= 0.6 is 0 Å². The number of aryl methyl sites for hydroxylation is 2. The molecule has 1 aliphatic rings. The summed E-state index contributed by atoms with van der Waals surface area (Å²) in [6.45, 7) is -0.179. The van der Waals surface area contributed by atoms with Crippen LogP contribution in [0.3, 0.4) is 0 Å². The monoisotopic (exact) mass is 494 g/mol. The Morgan fingerprint density at radius 1 is 0.944 bits per heavy atom. The van der Waals surface area contributed by atoms with E-state index in [9.17, 15) is 28.0 Å². The molecule has 36 heavy (non-hydrogen) atoms. The highest BCUT2D eigenvalue weighted by atomic mass is 19.3. The van der Waals surface area contributed by atoms with Gasteiger partial charge >= 0.3 is 12.6 Å². The van der Waals surface area contributed by atoms with Crippen LogP contribution in [-0.2, 0) is 9.53 Å². The molecule has 10 heteroatoms. The summed E-state index contributed by atoms with van der Waals surface area (Å²) in [5, 5.41) is 2.33. The fourth-order valence-electron chi connectivity index (χ4n) is 3.72. The Morgan fingerprint density at radius 2 is 1.67 bits per heavy atom. The number of carbonyl (C=O) groups excluding carboxylic acids is 4. The molecule has 3 aromatic carbocycles. The van der Waals surface area contributed by atoms with Gasteiger partial charge in [-0.2, -0.15) is 8.78 Å².